The molecule has 2 aliphatic heterocycles. The number of amides is 15. The number of para-hydroxylation sites is 1. The molecule has 15 amide bonds. The number of rotatable bonds is 50. The maximum absolute atomic E-state index is 15.7. The van der Waals surface area contributed by atoms with Crippen molar-refractivity contribution in [2.24, 2.45) is 23.1 Å². The lowest BCUT2D eigenvalue weighted by molar-refractivity contribution is -0.152. The summed E-state index contributed by atoms with van der Waals surface area (Å²) >= 11 is 0.662. The number of hydrogen-bond donors (Lipinski definition) is 17. The number of unbranched alkanes of at least 4 members (excludes halogenated alkanes) is 1. The number of likely N-dealkylation sites (tertiary alicyclic amines) is 2. The molecule has 1 aromatic heterocycles. The number of aromatic hydroxyl groups is 1. The van der Waals surface area contributed by atoms with Crippen molar-refractivity contribution in [3.05, 3.63) is 173 Å². The number of aromatic amines is 1. The van der Waals surface area contributed by atoms with Gasteiger partial charge in [0, 0.05) is 102 Å². The van der Waals surface area contributed by atoms with Crippen LogP contribution in [0.2, 0.25) is 0 Å². The fourth-order valence-electron chi connectivity index (χ4n) is 15.7. The molecule has 5 aromatic carbocycles. The number of nitrogens with zero attached hydrogens (tertiary/aromatic N) is 5. The Labute approximate surface area is 770 Å². The number of phenols is 1. The van der Waals surface area contributed by atoms with Gasteiger partial charge in [0.05, 0.1) is 37.0 Å². The average molecular weight is 1870 g/mol. The number of β-amino-alcohol motifs (C(OH)–C–C–N with tert-alkyl or cyclic N) is 2. The van der Waals surface area contributed by atoms with Gasteiger partial charge in [0.15, 0.2) is 17.5 Å². The van der Waals surface area contributed by atoms with Crippen LogP contribution in [0.4, 0.5) is 13.2 Å². The number of fused-ring (bicyclic) bond motifs is 1. The van der Waals surface area contributed by atoms with Gasteiger partial charge in [-0.15, -0.1) is 11.8 Å². The monoisotopic (exact) mass is 1870 g/mol. The first-order valence-corrected chi connectivity index (χ1v) is 44.8. The number of halogens is 3. The van der Waals surface area contributed by atoms with E-state index in [1.54, 1.807) is 80.8 Å². The lowest BCUT2D eigenvalue weighted by Crippen LogP contribution is -2.61. The SMILES string of the molecule is CCCC[C@@H](C(=O)N1C[C@H](O)C[C@@H]1C(=O)N[C@@H](CC(=O)O)C(=O)N[C@H](C(=O)N(C)C(Cc1ccccc1)C(=O)N[C@@H](CCC(N)=O)C(=O)N1CC[C@@H](O)C1)C(C)C)N(C)C(=O)[C@H](Cc1ccccc1)N(C)C(=O)[C@H](Cc1cc(F)c(F)c(F)c1)NC(=O)CSC[C@H](NC(=O)[C@H](CCN)NC(=O)[C@H](Cc1ccc(O)cc1)NC(=O)[C@H](Cc1c[nH]c2ccccc12)NC)C(=O)NCC(N)=O. The second-order valence-corrected chi connectivity index (χ2v) is 34.5. The Kier molecular flexibility index (Phi) is 40.0. The van der Waals surface area contributed by atoms with Crippen LogP contribution in [0.3, 0.4) is 0 Å². The fourth-order valence-corrected chi connectivity index (χ4v) is 16.6. The molecule has 0 bridgehead atoms. The van der Waals surface area contributed by atoms with Gasteiger partial charge >= 0.3 is 5.97 Å². The van der Waals surface area contributed by atoms with E-state index in [2.05, 4.69) is 52.8 Å². The number of nitrogens with two attached hydrogens (primary N) is 3. The normalized spacial score (nSPS) is 16.6. The molecule has 2 saturated heterocycles. The predicted molar refractivity (Wildman–Crippen MR) is 482 cm³/mol. The van der Waals surface area contributed by atoms with Crippen LogP contribution in [0.15, 0.2) is 128 Å². The summed E-state index contributed by atoms with van der Waals surface area (Å²) in [5, 5.41) is 66.1. The highest BCUT2D eigenvalue weighted by atomic mass is 32.2. The lowest BCUT2D eigenvalue weighted by atomic mass is 9.98. The zero-order valence-electron chi connectivity index (χ0n) is 75.0. The Morgan fingerprint density at radius 1 is 0.556 bits per heavy atom. The number of thioether (sulfide) groups is 1. The number of carboxylic acid groups (broad SMARTS) is 1. The third-order valence-corrected chi connectivity index (χ3v) is 24.2. The van der Waals surface area contributed by atoms with Crippen molar-refractivity contribution in [2.45, 2.75) is 195 Å². The summed E-state index contributed by atoms with van der Waals surface area (Å²) in [4.78, 5) is 236. The summed E-state index contributed by atoms with van der Waals surface area (Å²) in [5.41, 5.74) is 19.5. The van der Waals surface area contributed by atoms with Crippen molar-refractivity contribution in [2.75, 3.05) is 72.4 Å². The Balaban J connectivity index is 1.00. The van der Waals surface area contributed by atoms with Crippen molar-refractivity contribution in [1.82, 2.24) is 77.3 Å². The highest BCUT2D eigenvalue weighted by molar-refractivity contribution is 8.00. The highest BCUT2D eigenvalue weighted by Crippen LogP contribution is 2.28. The minimum absolute atomic E-state index is 0.0497. The maximum atomic E-state index is 15.7. The number of primary amides is 2. The number of carbonyl (C=O) groups is 16. The number of likely N-dealkylation sites (N-methyl/N-ethyl adjacent to an activating group) is 4. The van der Waals surface area contributed by atoms with Gasteiger partial charge in [-0.1, -0.05) is 125 Å². The molecule has 2 aliphatic rings. The topological polar surface area (TPSA) is 572 Å². The minimum atomic E-state index is -2.01. The van der Waals surface area contributed by atoms with Crippen molar-refractivity contribution >= 4 is 117 Å². The first kappa shape index (κ1) is 105. The van der Waals surface area contributed by atoms with Gasteiger partial charge in [0.25, 0.3) is 0 Å². The van der Waals surface area contributed by atoms with Crippen LogP contribution in [-0.4, -0.2) is 302 Å². The summed E-state index contributed by atoms with van der Waals surface area (Å²) in [6.45, 7) is 3.38. The smallest absolute Gasteiger partial charge is 0.305 e. The minimum Gasteiger partial charge on any atom is -0.508 e. The molecule has 1 unspecified atom stereocenters. The number of carbonyl (C=O) groups excluding carboxylic acids is 15. The number of aliphatic hydroxyl groups excluding tert-OH is 2. The summed E-state index contributed by atoms with van der Waals surface area (Å²) < 4.78 is 45.0. The van der Waals surface area contributed by atoms with Gasteiger partial charge in [-0.3, -0.25) is 76.7 Å². The zero-order chi connectivity index (χ0) is 97.6. The van der Waals surface area contributed by atoms with Crippen molar-refractivity contribution in [3.63, 3.8) is 0 Å². The number of phenolic OH excluding ortho intramolecular Hbond substituents is 1. The molecule has 0 spiro atoms. The molecule has 2 fully saturated rings. The second-order valence-electron chi connectivity index (χ2n) is 33.4. The zero-order valence-corrected chi connectivity index (χ0v) is 75.8. The molecule has 133 heavy (non-hydrogen) atoms. The average Bonchev–Trinajstić information content (AvgIpc) is 1.71. The Morgan fingerprint density at radius 2 is 1.12 bits per heavy atom. The number of nitrogens with one attached hydrogen (secondary N) is 10. The van der Waals surface area contributed by atoms with Crippen LogP contribution in [0, 0.1) is 23.4 Å². The van der Waals surface area contributed by atoms with E-state index in [1.807, 2.05) is 24.3 Å². The molecular formula is C91H119F3N18O20S. The van der Waals surface area contributed by atoms with Crippen LogP contribution in [0.25, 0.3) is 10.9 Å². The van der Waals surface area contributed by atoms with Crippen LogP contribution in [0.5, 0.6) is 5.75 Å². The first-order chi connectivity index (χ1) is 63.2. The van der Waals surface area contributed by atoms with Gasteiger partial charge in [-0.25, -0.2) is 13.2 Å². The number of H-pyrrole nitrogens is 1. The summed E-state index contributed by atoms with van der Waals surface area (Å²) in [7, 11) is 5.20. The number of aliphatic hydroxyl groups is 2. The van der Waals surface area contributed by atoms with E-state index >= 15 is 23.2 Å². The number of aromatic nitrogens is 1. The van der Waals surface area contributed by atoms with Crippen LogP contribution >= 0.6 is 11.8 Å². The molecular weight excluding hydrogens is 1750 g/mol. The Bertz CT molecular complexity index is 5080. The summed E-state index contributed by atoms with van der Waals surface area (Å²) in [6, 6.07) is 12.2. The summed E-state index contributed by atoms with van der Waals surface area (Å²) in [6.07, 6.45) is -3.53. The molecule has 8 rings (SSSR count). The van der Waals surface area contributed by atoms with E-state index in [-0.39, 0.29) is 95.2 Å². The lowest BCUT2D eigenvalue weighted by Gasteiger charge is -2.38. The number of aliphatic carboxylic acids is 1. The van der Waals surface area contributed by atoms with Gasteiger partial charge in [0.2, 0.25) is 88.6 Å². The molecule has 6 aromatic rings. The van der Waals surface area contributed by atoms with Crippen molar-refractivity contribution < 1.29 is 110 Å². The third kappa shape index (κ3) is 30.5. The Hall–Kier alpha value is -13.1. The molecule has 42 heteroatoms. The maximum Gasteiger partial charge on any atom is 0.305 e. The van der Waals surface area contributed by atoms with Crippen LogP contribution in [-0.2, 0) is 109 Å². The van der Waals surface area contributed by atoms with E-state index in [1.165, 1.54) is 57.1 Å². The molecule has 0 aliphatic carbocycles. The van der Waals surface area contributed by atoms with E-state index < -0.39 is 247 Å². The van der Waals surface area contributed by atoms with Gasteiger partial charge in [-0.2, -0.15) is 0 Å². The predicted octanol–water partition coefficient (Wildman–Crippen LogP) is -0.908. The van der Waals surface area contributed by atoms with E-state index in [0.717, 1.165) is 43.1 Å². The number of carboxylic acids is 1. The standard InChI is InChI=1S/C91H119F3N18O20S/c1-8-9-24-70(90(131)112-47-58(115)42-72(112)86(127)105-67(43-77(119)120)84(125)107-79(50(2)3)91(132)109(6)71(39-51-18-12-10-13-19-51)85(126)103-64(29-30-74(96)116)88(129)111-34-32-57(114)46-111)108(5)89(130)73(40-52-20-14-11-15-21-52)110(7)87(128)68(38-54-35-60(92)78(94)61(93)36-54)101-76(118)49-133-48-69(80(121)100-45-75(97)117)106-81(122)63(31-33-95)102-83(124)66(37-53-25-27-56(113)28-26-53)104-82(123)65(98-4)41-55-44-99-62-23-17-16-22-59(55)62/h10-23,25-28,35-36,44,50,57-58,63-73,79,98-99,113-115H,8-9,24,29-34,37-43,45-49,95H2,1-7H3,(H2,96,116)(H2,97,117)(H,100,121)(H,101,118)(H,102,124)(H,103,126)(H,104,123)(H,105,127)(H,106,122)(H,107,125)(H,119,120)/t57-,58-,63+,64+,65+,66+,67+,68+,69+,70+,71?,72-,73+,79+/m1/s1. The van der Waals surface area contributed by atoms with Gasteiger partial charge in [-0.05, 0) is 110 Å². The quantitative estimate of drug-likeness (QED) is 0.0206. The first-order valence-electron chi connectivity index (χ1n) is 43.6. The van der Waals surface area contributed by atoms with E-state index in [0.29, 0.717) is 47.0 Å². The molecule has 14 atom stereocenters. The van der Waals surface area contributed by atoms with Gasteiger partial charge in [0.1, 0.15) is 72.2 Å². The molecule has 38 nitrogen and oxygen atoms in total. The molecule has 720 valence electrons. The van der Waals surface area contributed by atoms with Crippen molar-refractivity contribution in [3.8, 4) is 5.75 Å². The fraction of sp³-hybridized carbons (Fsp3) is 0.473. The number of hydrogen-bond acceptors (Lipinski definition) is 22. The number of benzene rings is 5. The Morgan fingerprint density at radius 3 is 1.71 bits per heavy atom. The van der Waals surface area contributed by atoms with E-state index in [9.17, 15) is 87.1 Å². The largest absolute Gasteiger partial charge is 0.508 e. The summed E-state index contributed by atoms with van der Waals surface area (Å²) in [5.74, 6) is -23.1. The third-order valence-electron chi connectivity index (χ3n) is 23.1. The van der Waals surface area contributed by atoms with E-state index in [4.69, 9.17) is 17.2 Å². The molecule has 20 N–H and O–H groups in total. The second kappa shape index (κ2) is 50.5. The van der Waals surface area contributed by atoms with Crippen LogP contribution in [0.1, 0.15) is 106 Å². The molecule has 3 heterocycles. The highest BCUT2D eigenvalue weighted by Gasteiger charge is 2.47. The van der Waals surface area contributed by atoms with Gasteiger partial charge < -0.3 is 115 Å². The molecule has 0 radical (unpaired) electrons. The molecule has 0 saturated carbocycles. The van der Waals surface area contributed by atoms with Crippen LogP contribution < -0.4 is 65.1 Å². The van der Waals surface area contributed by atoms with Crippen molar-refractivity contribution in [1.29, 1.82) is 0 Å².